The average Bonchev–Trinajstić information content (AvgIpc) is 3.04. The summed E-state index contributed by atoms with van der Waals surface area (Å²) in [4.78, 5) is 28.2. The molecule has 168 valence electrons. The monoisotopic (exact) mass is 444 g/mol. The largest absolute Gasteiger partial charge is 0.465 e. The van der Waals surface area contributed by atoms with Gasteiger partial charge in [0.25, 0.3) is 0 Å². The summed E-state index contributed by atoms with van der Waals surface area (Å²) in [7, 11) is 0. The maximum Gasteiger partial charge on any atom is 0.407 e. The second kappa shape index (κ2) is 8.54. The third-order valence-corrected chi connectivity index (χ3v) is 5.43. The number of fused-ring (bicyclic) bond motifs is 1. The number of ether oxygens (including phenoxy) is 1. The van der Waals surface area contributed by atoms with Crippen molar-refractivity contribution >= 4 is 17.6 Å². The van der Waals surface area contributed by atoms with Crippen molar-refractivity contribution in [2.45, 2.75) is 25.9 Å². The molecule has 1 aromatic carbocycles. The van der Waals surface area contributed by atoms with Crippen LogP contribution in [0.25, 0.3) is 16.9 Å². The number of carboxylic acid groups (broad SMARTS) is 1. The zero-order valence-corrected chi connectivity index (χ0v) is 17.3. The summed E-state index contributed by atoms with van der Waals surface area (Å²) >= 11 is 0. The zero-order chi connectivity index (χ0) is 23.0. The molecule has 1 atom stereocenters. The van der Waals surface area contributed by atoms with Gasteiger partial charge in [-0.15, -0.1) is 0 Å². The highest BCUT2D eigenvalue weighted by molar-refractivity contribution is 5.77. The number of halogens is 2. The van der Waals surface area contributed by atoms with Gasteiger partial charge in [0.05, 0.1) is 42.6 Å². The number of hydrogen-bond donors (Lipinski definition) is 2. The maximum absolute atomic E-state index is 15.0. The number of carbonyl (C=O) groups excluding carboxylic acids is 1. The van der Waals surface area contributed by atoms with E-state index in [2.05, 4.69) is 4.98 Å². The Morgan fingerprint density at radius 3 is 2.66 bits per heavy atom. The summed E-state index contributed by atoms with van der Waals surface area (Å²) in [6.07, 6.45) is 0.123. The van der Waals surface area contributed by atoms with E-state index in [1.165, 1.54) is 4.90 Å². The number of aryl methyl sites for hydroxylation is 1. The first-order chi connectivity index (χ1) is 15.2. The van der Waals surface area contributed by atoms with Gasteiger partial charge in [0.1, 0.15) is 17.3 Å². The van der Waals surface area contributed by atoms with Gasteiger partial charge in [-0.3, -0.25) is 4.79 Å². The Balaban J connectivity index is 1.80. The number of nitrogens with two attached hydrogens (primary N) is 1. The Morgan fingerprint density at radius 2 is 2.00 bits per heavy atom. The normalized spacial score (nSPS) is 16.5. The van der Waals surface area contributed by atoms with Crippen LogP contribution in [-0.2, 0) is 22.4 Å². The first kappa shape index (κ1) is 21.7. The third kappa shape index (κ3) is 4.26. The van der Waals surface area contributed by atoms with E-state index in [0.717, 1.165) is 17.7 Å². The summed E-state index contributed by atoms with van der Waals surface area (Å²) in [6, 6.07) is 5.78. The van der Waals surface area contributed by atoms with Gasteiger partial charge in [0.15, 0.2) is 0 Å². The van der Waals surface area contributed by atoms with E-state index < -0.39 is 29.7 Å². The number of nitrogens with zero attached hydrogens (tertiary/aromatic N) is 3. The molecule has 4 rings (SSSR count). The number of aromatic nitrogens is 2. The molecular weight excluding hydrogens is 422 g/mol. The van der Waals surface area contributed by atoms with Gasteiger partial charge < -0.3 is 24.9 Å². The molecule has 0 aliphatic carbocycles. The van der Waals surface area contributed by atoms with Gasteiger partial charge in [0, 0.05) is 19.2 Å². The summed E-state index contributed by atoms with van der Waals surface area (Å²) in [5.74, 6) is -2.42. The molecule has 32 heavy (non-hydrogen) atoms. The highest BCUT2D eigenvalue weighted by Gasteiger charge is 2.28. The predicted octanol–water partition coefficient (Wildman–Crippen LogP) is 2.54. The van der Waals surface area contributed by atoms with Crippen LogP contribution < -0.4 is 5.73 Å². The number of pyridine rings is 1. The number of hydrogen-bond acceptors (Lipinski definition) is 4. The van der Waals surface area contributed by atoms with Gasteiger partial charge >= 0.3 is 6.09 Å². The third-order valence-electron chi connectivity index (χ3n) is 5.43. The van der Waals surface area contributed by atoms with Gasteiger partial charge in [-0.1, -0.05) is 0 Å². The van der Waals surface area contributed by atoms with Gasteiger partial charge in [-0.25, -0.2) is 18.6 Å². The molecule has 1 saturated heterocycles. The van der Waals surface area contributed by atoms with Crippen molar-refractivity contribution in [1.82, 2.24) is 14.3 Å². The Hall–Kier alpha value is -3.53. The molecule has 3 heterocycles. The molecule has 0 radical (unpaired) electrons. The van der Waals surface area contributed by atoms with Gasteiger partial charge in [-0.2, -0.15) is 0 Å². The molecule has 0 unspecified atom stereocenters. The van der Waals surface area contributed by atoms with Crippen LogP contribution in [-0.4, -0.2) is 57.2 Å². The lowest BCUT2D eigenvalue weighted by atomic mass is 10.0. The minimum Gasteiger partial charge on any atom is -0.465 e. The lowest BCUT2D eigenvalue weighted by Crippen LogP contribution is -2.45. The van der Waals surface area contributed by atoms with Gasteiger partial charge in [0.2, 0.25) is 5.91 Å². The number of amides is 2. The van der Waals surface area contributed by atoms with Crippen LogP contribution in [0, 0.1) is 18.6 Å². The van der Waals surface area contributed by atoms with Crippen LogP contribution in [0.3, 0.4) is 0 Å². The molecule has 3 N–H and O–H groups in total. The molecule has 10 heteroatoms. The molecule has 1 fully saturated rings. The molecular formula is C22H22F2N4O4. The zero-order valence-electron chi connectivity index (χ0n) is 17.3. The Morgan fingerprint density at radius 1 is 1.28 bits per heavy atom. The SMILES string of the molecule is Cc1ccn2c(C[C@H]3CN(C(=O)O)CCO3)c(-c3c(F)cc(CC(N)=O)cc3F)nc2c1. The van der Waals surface area contributed by atoms with E-state index in [1.807, 2.05) is 13.0 Å². The van der Waals surface area contributed by atoms with Crippen molar-refractivity contribution in [3.63, 3.8) is 0 Å². The predicted molar refractivity (Wildman–Crippen MR) is 111 cm³/mol. The maximum atomic E-state index is 15.0. The standard InChI is InChI=1S/C22H22F2N4O4/c1-12-2-3-28-17(10-14-11-27(22(30)31)4-5-32-14)21(26-19(28)6-12)20-15(23)7-13(8-16(20)24)9-18(25)29/h2-3,6-8,14H,4-5,9-11H2,1H3,(H2,25,29)(H,30,31)/t14-/m0/s1. The van der Waals surface area contributed by atoms with Crippen molar-refractivity contribution in [2.24, 2.45) is 5.73 Å². The summed E-state index contributed by atoms with van der Waals surface area (Å²) in [5, 5.41) is 9.30. The van der Waals surface area contributed by atoms with Crippen molar-refractivity contribution in [1.29, 1.82) is 0 Å². The quantitative estimate of drug-likeness (QED) is 0.629. The van der Waals surface area contributed by atoms with Crippen molar-refractivity contribution in [3.05, 3.63) is 58.9 Å². The van der Waals surface area contributed by atoms with E-state index in [4.69, 9.17) is 10.5 Å². The Kier molecular flexibility index (Phi) is 5.79. The first-order valence-corrected chi connectivity index (χ1v) is 10.1. The van der Waals surface area contributed by atoms with Crippen molar-refractivity contribution in [2.75, 3.05) is 19.7 Å². The van der Waals surface area contributed by atoms with E-state index >= 15 is 8.78 Å². The Labute approximate surface area is 182 Å². The molecule has 0 saturated carbocycles. The number of rotatable bonds is 5. The summed E-state index contributed by atoms with van der Waals surface area (Å²) in [6.45, 7) is 2.50. The molecule has 0 spiro atoms. The summed E-state index contributed by atoms with van der Waals surface area (Å²) in [5.41, 5.74) is 6.97. The average molecular weight is 444 g/mol. The second-order valence-electron chi connectivity index (χ2n) is 7.84. The number of carbonyl (C=O) groups is 2. The van der Waals surface area contributed by atoms with Crippen molar-refractivity contribution < 1.29 is 28.2 Å². The van der Waals surface area contributed by atoms with Crippen molar-refractivity contribution in [3.8, 4) is 11.3 Å². The highest BCUT2D eigenvalue weighted by atomic mass is 19.1. The number of imidazole rings is 1. The molecule has 0 bridgehead atoms. The first-order valence-electron chi connectivity index (χ1n) is 10.1. The van der Waals surface area contributed by atoms with Gasteiger partial charge in [-0.05, 0) is 42.3 Å². The van der Waals surface area contributed by atoms with E-state index in [1.54, 1.807) is 16.7 Å². The fourth-order valence-corrected chi connectivity index (χ4v) is 3.98. The fourth-order valence-electron chi connectivity index (χ4n) is 3.98. The number of morpholine rings is 1. The highest BCUT2D eigenvalue weighted by Crippen LogP contribution is 2.32. The minimum atomic E-state index is -1.05. The van der Waals surface area contributed by atoms with E-state index in [-0.39, 0.29) is 49.4 Å². The molecule has 2 aromatic heterocycles. The van der Waals surface area contributed by atoms with Crippen LogP contribution >= 0.6 is 0 Å². The number of primary amides is 1. The molecule has 1 aliphatic rings. The van der Waals surface area contributed by atoms with Crippen LogP contribution in [0.5, 0.6) is 0 Å². The molecule has 8 nitrogen and oxygen atoms in total. The smallest absolute Gasteiger partial charge is 0.407 e. The lowest BCUT2D eigenvalue weighted by Gasteiger charge is -2.31. The molecule has 2 amide bonds. The van der Waals surface area contributed by atoms with Crippen LogP contribution in [0.2, 0.25) is 0 Å². The Bertz CT molecular complexity index is 1190. The van der Waals surface area contributed by atoms with E-state index in [0.29, 0.717) is 11.3 Å². The minimum absolute atomic E-state index is 0.104. The lowest BCUT2D eigenvalue weighted by molar-refractivity contribution is -0.117. The molecule has 1 aliphatic heterocycles. The number of benzene rings is 1. The second-order valence-corrected chi connectivity index (χ2v) is 7.84. The fraction of sp³-hybridized carbons (Fsp3) is 0.318. The van der Waals surface area contributed by atoms with E-state index in [9.17, 15) is 14.7 Å². The topological polar surface area (TPSA) is 110 Å². The van der Waals surface area contributed by atoms with Crippen LogP contribution in [0.15, 0.2) is 30.5 Å². The molecule has 3 aromatic rings. The van der Waals surface area contributed by atoms with Crippen LogP contribution in [0.1, 0.15) is 16.8 Å². The van der Waals surface area contributed by atoms with Crippen LogP contribution in [0.4, 0.5) is 13.6 Å². The summed E-state index contributed by atoms with van der Waals surface area (Å²) < 4.78 is 37.5.